The van der Waals surface area contributed by atoms with Crippen molar-refractivity contribution < 1.29 is 14.3 Å². The van der Waals surface area contributed by atoms with Crippen molar-refractivity contribution in [3.63, 3.8) is 0 Å². The molecule has 31 heavy (non-hydrogen) atoms. The molecule has 0 fully saturated rings. The van der Waals surface area contributed by atoms with Gasteiger partial charge < -0.3 is 25.8 Å². The van der Waals surface area contributed by atoms with Crippen LogP contribution in [0.25, 0.3) is 10.9 Å². The zero-order chi connectivity index (χ0) is 22.1. The van der Waals surface area contributed by atoms with Crippen molar-refractivity contribution in [3.05, 3.63) is 48.3 Å². The Labute approximate surface area is 181 Å². The molecular weight excluding hydrogens is 394 g/mol. The van der Waals surface area contributed by atoms with Gasteiger partial charge in [0.2, 0.25) is 5.91 Å². The lowest BCUT2D eigenvalue weighted by Gasteiger charge is -2.14. The van der Waals surface area contributed by atoms with Gasteiger partial charge in [-0.05, 0) is 37.2 Å². The number of benzene rings is 2. The van der Waals surface area contributed by atoms with E-state index in [1.165, 1.54) is 6.33 Å². The molecule has 1 aromatic heterocycles. The van der Waals surface area contributed by atoms with Gasteiger partial charge in [-0.15, -0.1) is 6.42 Å². The Kier molecular flexibility index (Phi) is 7.62. The topological polar surface area (TPSA) is 111 Å². The fourth-order valence-electron chi connectivity index (χ4n) is 3.01. The third kappa shape index (κ3) is 6.07. The van der Waals surface area contributed by atoms with E-state index in [0.29, 0.717) is 49.9 Å². The summed E-state index contributed by atoms with van der Waals surface area (Å²) >= 11 is 0. The molecule has 0 radical (unpaired) electrons. The lowest BCUT2D eigenvalue weighted by atomic mass is 10.2. The Balaban J connectivity index is 1.73. The first-order valence-electron chi connectivity index (χ1n) is 9.89. The van der Waals surface area contributed by atoms with E-state index in [2.05, 4.69) is 26.5 Å². The van der Waals surface area contributed by atoms with Crippen LogP contribution in [0.3, 0.4) is 0 Å². The second-order valence-corrected chi connectivity index (χ2v) is 6.76. The first-order valence-corrected chi connectivity index (χ1v) is 9.89. The van der Waals surface area contributed by atoms with Gasteiger partial charge in [0, 0.05) is 35.7 Å². The van der Waals surface area contributed by atoms with Crippen molar-refractivity contribution in [2.24, 2.45) is 5.73 Å². The van der Waals surface area contributed by atoms with Crippen molar-refractivity contribution >= 4 is 28.3 Å². The number of anilines is 2. The Morgan fingerprint density at radius 1 is 1.19 bits per heavy atom. The highest BCUT2D eigenvalue weighted by atomic mass is 16.5. The van der Waals surface area contributed by atoms with Crippen LogP contribution < -0.4 is 25.8 Å². The number of primary amides is 1. The minimum Gasteiger partial charge on any atom is -0.493 e. The van der Waals surface area contributed by atoms with E-state index in [-0.39, 0.29) is 5.91 Å². The van der Waals surface area contributed by atoms with E-state index >= 15 is 0 Å². The van der Waals surface area contributed by atoms with Crippen LogP contribution in [0.5, 0.6) is 11.5 Å². The highest BCUT2D eigenvalue weighted by Gasteiger charge is 2.12. The summed E-state index contributed by atoms with van der Waals surface area (Å²) in [5, 5.41) is 7.30. The molecular formula is C23H25N5O3. The van der Waals surface area contributed by atoms with Crippen molar-refractivity contribution in [2.45, 2.75) is 12.8 Å². The third-order valence-corrected chi connectivity index (χ3v) is 4.53. The number of ether oxygens (including phenoxy) is 2. The smallest absolute Gasteiger partial charge is 0.217 e. The number of hydrogen-bond donors (Lipinski definition) is 3. The molecule has 160 valence electrons. The SMILES string of the molecule is C#Cc1cccc(Nc2ncnc3cc(OC)c(OCCNCCCC(N)=O)cc23)c1. The molecule has 0 aliphatic rings. The first kappa shape index (κ1) is 21.9. The molecule has 0 aliphatic heterocycles. The highest BCUT2D eigenvalue weighted by Crippen LogP contribution is 2.34. The predicted octanol–water partition coefficient (Wildman–Crippen LogP) is 2.60. The summed E-state index contributed by atoms with van der Waals surface area (Å²) in [6.07, 6.45) is 8.05. The number of amides is 1. The predicted molar refractivity (Wildman–Crippen MR) is 121 cm³/mol. The standard InChI is InChI=1S/C23H25N5O3/c1-3-16-6-4-7-17(12-16)28-23-18-13-21(20(30-2)14-19(18)26-15-27-23)31-11-10-25-9-5-8-22(24)29/h1,4,6-7,12-15,25H,5,8-11H2,2H3,(H2,24,29)(H,26,27,28). The largest absolute Gasteiger partial charge is 0.493 e. The molecule has 3 aromatic rings. The van der Waals surface area contributed by atoms with Gasteiger partial charge in [-0.25, -0.2) is 9.97 Å². The molecule has 8 heteroatoms. The maximum absolute atomic E-state index is 10.8. The van der Waals surface area contributed by atoms with Crippen LogP contribution in [0.1, 0.15) is 18.4 Å². The van der Waals surface area contributed by atoms with Gasteiger partial charge in [-0.2, -0.15) is 0 Å². The third-order valence-electron chi connectivity index (χ3n) is 4.53. The fraction of sp³-hybridized carbons (Fsp3) is 0.261. The Hall–Kier alpha value is -3.83. The van der Waals surface area contributed by atoms with Crippen LogP contribution in [0.2, 0.25) is 0 Å². The average molecular weight is 419 g/mol. The molecule has 4 N–H and O–H groups in total. The number of fused-ring (bicyclic) bond motifs is 1. The van der Waals surface area contributed by atoms with E-state index in [4.69, 9.17) is 21.6 Å². The number of nitrogens with two attached hydrogens (primary N) is 1. The number of hydrogen-bond acceptors (Lipinski definition) is 7. The Morgan fingerprint density at radius 3 is 2.84 bits per heavy atom. The summed E-state index contributed by atoms with van der Waals surface area (Å²) in [6, 6.07) is 11.2. The molecule has 0 unspecified atom stereocenters. The van der Waals surface area contributed by atoms with Crippen LogP contribution in [-0.2, 0) is 4.79 Å². The number of aromatic nitrogens is 2. The number of carbonyl (C=O) groups is 1. The summed E-state index contributed by atoms with van der Waals surface area (Å²) in [5.41, 5.74) is 7.46. The number of terminal acetylenes is 1. The minimum absolute atomic E-state index is 0.295. The van der Waals surface area contributed by atoms with Crippen LogP contribution in [-0.4, -0.2) is 42.7 Å². The fourth-order valence-corrected chi connectivity index (χ4v) is 3.01. The molecule has 0 atom stereocenters. The van der Waals surface area contributed by atoms with Gasteiger partial charge in [0.15, 0.2) is 11.5 Å². The van der Waals surface area contributed by atoms with Gasteiger partial charge in [0.25, 0.3) is 0 Å². The quantitative estimate of drug-likeness (QED) is 0.324. The highest BCUT2D eigenvalue weighted by molar-refractivity contribution is 5.93. The molecule has 3 rings (SSSR count). The lowest BCUT2D eigenvalue weighted by molar-refractivity contribution is -0.118. The first-order chi connectivity index (χ1) is 15.1. The maximum atomic E-state index is 10.8. The average Bonchev–Trinajstić information content (AvgIpc) is 2.78. The van der Waals surface area contributed by atoms with Gasteiger partial charge >= 0.3 is 0 Å². The summed E-state index contributed by atoms with van der Waals surface area (Å²) in [6.45, 7) is 1.74. The zero-order valence-corrected chi connectivity index (χ0v) is 17.4. The zero-order valence-electron chi connectivity index (χ0n) is 17.4. The number of carbonyl (C=O) groups excluding carboxylic acids is 1. The van der Waals surface area contributed by atoms with Crippen molar-refractivity contribution in [3.8, 4) is 23.8 Å². The number of nitrogens with zero attached hydrogens (tertiary/aromatic N) is 2. The minimum atomic E-state index is -0.295. The van der Waals surface area contributed by atoms with E-state index in [0.717, 1.165) is 22.2 Å². The molecule has 0 spiro atoms. The molecule has 1 amide bonds. The van der Waals surface area contributed by atoms with Crippen molar-refractivity contribution in [1.82, 2.24) is 15.3 Å². The molecule has 0 aliphatic carbocycles. The molecule has 0 saturated carbocycles. The van der Waals surface area contributed by atoms with Crippen LogP contribution in [0, 0.1) is 12.3 Å². The second-order valence-electron chi connectivity index (χ2n) is 6.76. The lowest BCUT2D eigenvalue weighted by Crippen LogP contribution is -2.23. The normalized spacial score (nSPS) is 10.5. The van der Waals surface area contributed by atoms with Gasteiger partial charge in [-0.3, -0.25) is 4.79 Å². The second kappa shape index (κ2) is 10.8. The maximum Gasteiger partial charge on any atom is 0.217 e. The van der Waals surface area contributed by atoms with Crippen LogP contribution in [0.4, 0.5) is 11.5 Å². The monoisotopic (exact) mass is 419 g/mol. The van der Waals surface area contributed by atoms with E-state index in [1.807, 2.05) is 36.4 Å². The summed E-state index contributed by atoms with van der Waals surface area (Å²) in [4.78, 5) is 19.5. The summed E-state index contributed by atoms with van der Waals surface area (Å²) in [7, 11) is 1.59. The number of rotatable bonds is 11. The van der Waals surface area contributed by atoms with E-state index in [9.17, 15) is 4.79 Å². The molecule has 0 saturated heterocycles. The Bertz CT molecular complexity index is 1090. The molecule has 2 aromatic carbocycles. The van der Waals surface area contributed by atoms with E-state index < -0.39 is 0 Å². The van der Waals surface area contributed by atoms with Gasteiger partial charge in [0.05, 0.1) is 12.6 Å². The molecule has 8 nitrogen and oxygen atoms in total. The van der Waals surface area contributed by atoms with Gasteiger partial charge in [0.1, 0.15) is 18.8 Å². The Morgan fingerprint density at radius 2 is 2.06 bits per heavy atom. The van der Waals surface area contributed by atoms with Crippen LogP contribution >= 0.6 is 0 Å². The summed E-state index contributed by atoms with van der Waals surface area (Å²) in [5.74, 6) is 4.13. The van der Waals surface area contributed by atoms with Crippen LogP contribution in [0.15, 0.2) is 42.7 Å². The number of nitrogens with one attached hydrogen (secondary N) is 2. The van der Waals surface area contributed by atoms with E-state index in [1.54, 1.807) is 7.11 Å². The van der Waals surface area contributed by atoms with Crippen molar-refractivity contribution in [1.29, 1.82) is 0 Å². The van der Waals surface area contributed by atoms with Gasteiger partial charge in [-0.1, -0.05) is 12.0 Å². The molecule has 1 heterocycles. The molecule has 0 bridgehead atoms. The van der Waals surface area contributed by atoms with Crippen molar-refractivity contribution in [2.75, 3.05) is 32.1 Å². The number of methoxy groups -OCH3 is 1. The summed E-state index contributed by atoms with van der Waals surface area (Å²) < 4.78 is 11.4.